The van der Waals surface area contributed by atoms with E-state index in [0.29, 0.717) is 30.4 Å². The van der Waals surface area contributed by atoms with Gasteiger partial charge in [0.25, 0.3) is 5.91 Å². The lowest BCUT2D eigenvalue weighted by atomic mass is 10.3. The van der Waals surface area contributed by atoms with E-state index < -0.39 is 0 Å². The molecule has 0 aromatic carbocycles. The summed E-state index contributed by atoms with van der Waals surface area (Å²) in [6.07, 6.45) is 3.42. The monoisotopic (exact) mass is 334 g/mol. The second kappa shape index (κ2) is 7.96. The van der Waals surface area contributed by atoms with Crippen molar-refractivity contribution in [3.05, 3.63) is 77.6 Å². The normalized spacial score (nSPS) is 10.3. The standard InChI is InChI=1S/C18H18N6O/c1-13-10-16(17(25)21-11-14-6-2-4-8-19-14)24-18(23-13)22-12-15-7-3-5-9-20-15/h2-10H,11-12H2,1H3,(H,21,25)(H,22,23,24). The highest BCUT2D eigenvalue weighted by molar-refractivity contribution is 5.92. The van der Waals surface area contributed by atoms with Gasteiger partial charge in [-0.2, -0.15) is 0 Å². The number of rotatable bonds is 6. The predicted molar refractivity (Wildman–Crippen MR) is 93.7 cm³/mol. The zero-order valence-electron chi connectivity index (χ0n) is 13.8. The lowest BCUT2D eigenvalue weighted by Gasteiger charge is -2.08. The fourth-order valence-electron chi connectivity index (χ4n) is 2.20. The molecule has 3 heterocycles. The number of anilines is 1. The van der Waals surface area contributed by atoms with E-state index in [0.717, 1.165) is 11.4 Å². The Labute approximate surface area is 145 Å². The zero-order chi connectivity index (χ0) is 17.5. The molecule has 0 aliphatic carbocycles. The number of aryl methyl sites for hydroxylation is 1. The number of nitrogens with zero attached hydrogens (tertiary/aromatic N) is 4. The summed E-state index contributed by atoms with van der Waals surface area (Å²) in [6.45, 7) is 2.65. The van der Waals surface area contributed by atoms with Crippen LogP contribution in [0.15, 0.2) is 54.9 Å². The molecule has 126 valence electrons. The van der Waals surface area contributed by atoms with E-state index in [1.165, 1.54) is 0 Å². The van der Waals surface area contributed by atoms with Crippen molar-refractivity contribution in [2.45, 2.75) is 20.0 Å². The Kier molecular flexibility index (Phi) is 5.26. The average molecular weight is 334 g/mol. The van der Waals surface area contributed by atoms with Crippen molar-refractivity contribution in [2.24, 2.45) is 0 Å². The molecule has 0 aliphatic rings. The molecular weight excluding hydrogens is 316 g/mol. The van der Waals surface area contributed by atoms with Crippen LogP contribution in [0.1, 0.15) is 27.6 Å². The minimum atomic E-state index is -0.267. The van der Waals surface area contributed by atoms with Gasteiger partial charge in [0.05, 0.1) is 24.5 Å². The van der Waals surface area contributed by atoms with Gasteiger partial charge in [0.1, 0.15) is 5.69 Å². The molecule has 3 rings (SSSR count). The quantitative estimate of drug-likeness (QED) is 0.717. The fraction of sp³-hybridized carbons (Fsp3) is 0.167. The molecule has 0 saturated heterocycles. The van der Waals surface area contributed by atoms with Crippen LogP contribution in [0.5, 0.6) is 0 Å². The summed E-state index contributed by atoms with van der Waals surface area (Å²) in [5, 5.41) is 5.91. The highest BCUT2D eigenvalue weighted by Crippen LogP contribution is 2.07. The van der Waals surface area contributed by atoms with E-state index in [4.69, 9.17) is 0 Å². The predicted octanol–water partition coefficient (Wildman–Crippen LogP) is 2.12. The van der Waals surface area contributed by atoms with E-state index >= 15 is 0 Å². The summed E-state index contributed by atoms with van der Waals surface area (Å²) < 4.78 is 0. The largest absolute Gasteiger partial charge is 0.349 e. The number of nitrogens with one attached hydrogen (secondary N) is 2. The first-order chi connectivity index (χ1) is 12.2. The lowest BCUT2D eigenvalue weighted by molar-refractivity contribution is 0.0945. The Hall–Kier alpha value is -3.35. The third kappa shape index (κ3) is 4.81. The van der Waals surface area contributed by atoms with Gasteiger partial charge in [-0.05, 0) is 37.3 Å². The number of amides is 1. The summed E-state index contributed by atoms with van der Waals surface area (Å²) in [7, 11) is 0. The molecule has 0 aliphatic heterocycles. The molecule has 0 atom stereocenters. The van der Waals surface area contributed by atoms with Crippen LogP contribution in [-0.4, -0.2) is 25.8 Å². The number of carbonyl (C=O) groups excluding carboxylic acids is 1. The van der Waals surface area contributed by atoms with Crippen molar-refractivity contribution in [3.63, 3.8) is 0 Å². The van der Waals surface area contributed by atoms with Crippen LogP contribution in [0.3, 0.4) is 0 Å². The first-order valence-corrected chi connectivity index (χ1v) is 7.88. The van der Waals surface area contributed by atoms with Gasteiger partial charge in [0, 0.05) is 18.1 Å². The van der Waals surface area contributed by atoms with Crippen molar-refractivity contribution in [3.8, 4) is 0 Å². The topological polar surface area (TPSA) is 92.7 Å². The SMILES string of the molecule is Cc1cc(C(=O)NCc2ccccn2)nc(NCc2ccccn2)n1. The van der Waals surface area contributed by atoms with Crippen LogP contribution in [0.4, 0.5) is 5.95 Å². The highest BCUT2D eigenvalue weighted by Gasteiger charge is 2.10. The summed E-state index contributed by atoms with van der Waals surface area (Å²) >= 11 is 0. The number of pyridine rings is 2. The number of aromatic nitrogens is 4. The minimum absolute atomic E-state index is 0.267. The Balaban J connectivity index is 1.65. The van der Waals surface area contributed by atoms with Gasteiger partial charge in [0.15, 0.2) is 0 Å². The summed E-state index contributed by atoms with van der Waals surface area (Å²) in [6, 6.07) is 12.9. The second-order valence-electron chi connectivity index (χ2n) is 5.40. The number of carbonyl (C=O) groups is 1. The Morgan fingerprint density at radius 3 is 2.28 bits per heavy atom. The Bertz CT molecular complexity index is 839. The van der Waals surface area contributed by atoms with Crippen LogP contribution in [0, 0.1) is 6.92 Å². The second-order valence-corrected chi connectivity index (χ2v) is 5.40. The smallest absolute Gasteiger partial charge is 0.270 e. The maximum Gasteiger partial charge on any atom is 0.270 e. The van der Waals surface area contributed by atoms with Crippen molar-refractivity contribution in [2.75, 3.05) is 5.32 Å². The molecule has 0 spiro atoms. The molecule has 7 nitrogen and oxygen atoms in total. The third-order valence-corrected chi connectivity index (χ3v) is 3.40. The van der Waals surface area contributed by atoms with E-state index in [1.807, 2.05) is 43.3 Å². The molecule has 0 fully saturated rings. The molecule has 3 aromatic heterocycles. The summed E-state index contributed by atoms with van der Waals surface area (Å²) in [4.78, 5) is 29.3. The lowest BCUT2D eigenvalue weighted by Crippen LogP contribution is -2.25. The van der Waals surface area contributed by atoms with E-state index in [2.05, 4.69) is 30.6 Å². The van der Waals surface area contributed by atoms with Crippen molar-refractivity contribution >= 4 is 11.9 Å². The van der Waals surface area contributed by atoms with Crippen LogP contribution < -0.4 is 10.6 Å². The van der Waals surface area contributed by atoms with Crippen LogP contribution in [0.2, 0.25) is 0 Å². The summed E-state index contributed by atoms with van der Waals surface area (Å²) in [5.41, 5.74) is 2.68. The maximum absolute atomic E-state index is 12.3. The van der Waals surface area contributed by atoms with Gasteiger partial charge in [-0.3, -0.25) is 14.8 Å². The van der Waals surface area contributed by atoms with Gasteiger partial charge in [-0.15, -0.1) is 0 Å². The molecule has 0 radical (unpaired) electrons. The zero-order valence-corrected chi connectivity index (χ0v) is 13.8. The van der Waals surface area contributed by atoms with Crippen molar-refractivity contribution in [1.82, 2.24) is 25.3 Å². The molecule has 7 heteroatoms. The third-order valence-electron chi connectivity index (χ3n) is 3.40. The summed E-state index contributed by atoms with van der Waals surface area (Å²) in [5.74, 6) is 0.130. The first-order valence-electron chi connectivity index (χ1n) is 7.88. The molecule has 25 heavy (non-hydrogen) atoms. The van der Waals surface area contributed by atoms with Crippen molar-refractivity contribution < 1.29 is 4.79 Å². The van der Waals surface area contributed by atoms with E-state index in [9.17, 15) is 4.79 Å². The van der Waals surface area contributed by atoms with E-state index in [-0.39, 0.29) is 5.91 Å². The van der Waals surface area contributed by atoms with Gasteiger partial charge >= 0.3 is 0 Å². The first kappa shape index (κ1) is 16.5. The van der Waals surface area contributed by atoms with Gasteiger partial charge in [0.2, 0.25) is 5.95 Å². The molecular formula is C18H18N6O. The number of hydrogen-bond acceptors (Lipinski definition) is 6. The highest BCUT2D eigenvalue weighted by atomic mass is 16.1. The minimum Gasteiger partial charge on any atom is -0.349 e. The maximum atomic E-state index is 12.3. The fourth-order valence-corrected chi connectivity index (χ4v) is 2.20. The number of hydrogen-bond donors (Lipinski definition) is 2. The molecule has 0 saturated carbocycles. The van der Waals surface area contributed by atoms with Gasteiger partial charge in [-0.1, -0.05) is 12.1 Å². The van der Waals surface area contributed by atoms with Crippen LogP contribution in [0.25, 0.3) is 0 Å². The molecule has 0 bridgehead atoms. The van der Waals surface area contributed by atoms with Gasteiger partial charge < -0.3 is 10.6 Å². The van der Waals surface area contributed by atoms with Crippen molar-refractivity contribution in [1.29, 1.82) is 0 Å². The Morgan fingerprint density at radius 2 is 1.64 bits per heavy atom. The van der Waals surface area contributed by atoms with Gasteiger partial charge in [-0.25, -0.2) is 9.97 Å². The molecule has 2 N–H and O–H groups in total. The Morgan fingerprint density at radius 1 is 0.960 bits per heavy atom. The molecule has 3 aromatic rings. The average Bonchev–Trinajstić information content (AvgIpc) is 2.66. The molecule has 0 unspecified atom stereocenters. The van der Waals surface area contributed by atoms with Crippen LogP contribution >= 0.6 is 0 Å². The van der Waals surface area contributed by atoms with E-state index in [1.54, 1.807) is 18.5 Å². The molecule has 1 amide bonds. The van der Waals surface area contributed by atoms with Crippen LogP contribution in [-0.2, 0) is 13.1 Å².